The van der Waals surface area contributed by atoms with Gasteiger partial charge in [-0.25, -0.2) is 4.98 Å². The molecule has 0 spiro atoms. The summed E-state index contributed by atoms with van der Waals surface area (Å²) in [6.07, 6.45) is 1.95. The molecular formula is C21H16N2O2. The Balaban J connectivity index is 1.63. The summed E-state index contributed by atoms with van der Waals surface area (Å²) in [5, 5.41) is 5.17. The van der Waals surface area contributed by atoms with E-state index in [-0.39, 0.29) is 11.8 Å². The van der Waals surface area contributed by atoms with Crippen molar-refractivity contribution in [2.45, 2.75) is 12.8 Å². The number of amides is 1. The number of oxazole rings is 1. The third kappa shape index (κ3) is 2.47. The molecule has 1 aliphatic rings. The third-order valence-electron chi connectivity index (χ3n) is 4.64. The topological polar surface area (TPSA) is 55.1 Å². The number of hydrogen-bond acceptors (Lipinski definition) is 3. The molecule has 0 unspecified atom stereocenters. The zero-order chi connectivity index (χ0) is 16.8. The smallest absolute Gasteiger partial charge is 0.229 e. The molecule has 3 aromatic carbocycles. The number of aromatic nitrogens is 1. The normalized spacial score (nSPS) is 14.1. The minimum atomic E-state index is 0.0778. The fourth-order valence-corrected chi connectivity index (χ4v) is 3.13. The number of para-hydroxylation sites is 1. The van der Waals surface area contributed by atoms with Crippen LogP contribution in [0.3, 0.4) is 0 Å². The predicted molar refractivity (Wildman–Crippen MR) is 98.3 cm³/mol. The highest BCUT2D eigenvalue weighted by Crippen LogP contribution is 2.35. The van der Waals surface area contributed by atoms with Crippen LogP contribution < -0.4 is 5.32 Å². The van der Waals surface area contributed by atoms with Crippen molar-refractivity contribution in [1.29, 1.82) is 0 Å². The van der Waals surface area contributed by atoms with Crippen LogP contribution in [0.1, 0.15) is 12.8 Å². The first-order valence-electron chi connectivity index (χ1n) is 8.48. The van der Waals surface area contributed by atoms with Gasteiger partial charge >= 0.3 is 0 Å². The Labute approximate surface area is 144 Å². The maximum atomic E-state index is 12.1. The molecule has 0 atom stereocenters. The zero-order valence-corrected chi connectivity index (χ0v) is 13.5. The molecule has 5 rings (SSSR count). The van der Waals surface area contributed by atoms with Crippen LogP contribution in [0.25, 0.3) is 33.3 Å². The van der Waals surface area contributed by atoms with Gasteiger partial charge in [0.25, 0.3) is 0 Å². The molecule has 122 valence electrons. The van der Waals surface area contributed by atoms with E-state index in [1.807, 2.05) is 54.6 Å². The van der Waals surface area contributed by atoms with Crippen LogP contribution in [0.15, 0.2) is 65.1 Å². The second-order valence-electron chi connectivity index (χ2n) is 6.46. The number of nitrogens with zero attached hydrogens (tertiary/aromatic N) is 1. The van der Waals surface area contributed by atoms with Gasteiger partial charge in [0.1, 0.15) is 5.52 Å². The lowest BCUT2D eigenvalue weighted by atomic mass is 10.1. The molecule has 0 bridgehead atoms. The molecule has 25 heavy (non-hydrogen) atoms. The number of hydrogen-bond donors (Lipinski definition) is 1. The number of nitrogens with one attached hydrogen (secondary N) is 1. The van der Waals surface area contributed by atoms with Gasteiger partial charge in [0, 0.05) is 11.3 Å². The average molecular weight is 328 g/mol. The molecule has 1 amide bonds. The van der Waals surface area contributed by atoms with E-state index in [4.69, 9.17) is 4.42 Å². The van der Waals surface area contributed by atoms with Crippen LogP contribution in [0.4, 0.5) is 5.69 Å². The van der Waals surface area contributed by atoms with Gasteiger partial charge in [-0.3, -0.25) is 4.79 Å². The lowest BCUT2D eigenvalue weighted by Crippen LogP contribution is -2.13. The van der Waals surface area contributed by atoms with Crippen molar-refractivity contribution in [2.75, 3.05) is 5.32 Å². The molecule has 1 aliphatic carbocycles. The Hall–Kier alpha value is -3.14. The maximum absolute atomic E-state index is 12.1. The largest absolute Gasteiger partial charge is 0.435 e. The Bertz CT molecular complexity index is 1110. The summed E-state index contributed by atoms with van der Waals surface area (Å²) < 4.78 is 6.10. The van der Waals surface area contributed by atoms with Gasteiger partial charge in [0.15, 0.2) is 5.58 Å². The highest BCUT2D eigenvalue weighted by atomic mass is 16.3. The molecule has 4 heteroatoms. The minimum absolute atomic E-state index is 0.0778. The first-order chi connectivity index (χ1) is 12.3. The zero-order valence-electron chi connectivity index (χ0n) is 13.5. The van der Waals surface area contributed by atoms with Crippen molar-refractivity contribution in [3.8, 4) is 11.5 Å². The molecule has 0 aliphatic heterocycles. The van der Waals surface area contributed by atoms with Crippen molar-refractivity contribution in [1.82, 2.24) is 4.98 Å². The van der Waals surface area contributed by atoms with Crippen molar-refractivity contribution in [3.63, 3.8) is 0 Å². The van der Waals surface area contributed by atoms with Crippen LogP contribution in [-0.2, 0) is 4.79 Å². The summed E-state index contributed by atoms with van der Waals surface area (Å²) in [6, 6.07) is 19.8. The van der Waals surface area contributed by atoms with E-state index in [9.17, 15) is 4.79 Å². The van der Waals surface area contributed by atoms with Crippen molar-refractivity contribution < 1.29 is 9.21 Å². The Morgan fingerprint density at radius 3 is 2.68 bits per heavy atom. The molecule has 1 heterocycles. The minimum Gasteiger partial charge on any atom is -0.435 e. The van der Waals surface area contributed by atoms with Gasteiger partial charge in [0.05, 0.1) is 11.3 Å². The van der Waals surface area contributed by atoms with Gasteiger partial charge in [0.2, 0.25) is 11.8 Å². The van der Waals surface area contributed by atoms with Crippen molar-refractivity contribution >= 4 is 33.5 Å². The van der Waals surface area contributed by atoms with Gasteiger partial charge < -0.3 is 9.73 Å². The van der Waals surface area contributed by atoms with Gasteiger partial charge in [-0.05, 0) is 36.4 Å². The van der Waals surface area contributed by atoms with Crippen molar-refractivity contribution in [3.05, 3.63) is 60.7 Å². The van der Waals surface area contributed by atoms with Crippen LogP contribution in [0, 0.1) is 5.92 Å². The van der Waals surface area contributed by atoms with Crippen LogP contribution in [0.2, 0.25) is 0 Å². The summed E-state index contributed by atoms with van der Waals surface area (Å²) in [6.45, 7) is 0. The highest BCUT2D eigenvalue weighted by Gasteiger charge is 2.30. The molecular weight excluding hydrogens is 312 g/mol. The van der Waals surface area contributed by atoms with E-state index in [0.717, 1.165) is 46.0 Å². The summed E-state index contributed by atoms with van der Waals surface area (Å²) >= 11 is 0. The highest BCUT2D eigenvalue weighted by molar-refractivity contribution is 6.04. The van der Waals surface area contributed by atoms with Crippen LogP contribution in [-0.4, -0.2) is 10.9 Å². The molecule has 0 radical (unpaired) electrons. The fourth-order valence-electron chi connectivity index (χ4n) is 3.13. The monoisotopic (exact) mass is 328 g/mol. The quantitative estimate of drug-likeness (QED) is 0.576. The molecule has 1 aromatic heterocycles. The molecule has 1 N–H and O–H groups in total. The number of fused-ring (bicyclic) bond motifs is 3. The number of benzene rings is 3. The van der Waals surface area contributed by atoms with Gasteiger partial charge in [-0.1, -0.05) is 42.5 Å². The van der Waals surface area contributed by atoms with E-state index >= 15 is 0 Å². The van der Waals surface area contributed by atoms with E-state index in [2.05, 4.69) is 16.4 Å². The standard InChI is InChI=1S/C21H16N2O2/c24-20(14-9-10-14)22-17-8-4-3-7-16(17)21-23-18-12-11-13-5-1-2-6-15(13)19(18)25-21/h1-8,11-12,14H,9-10H2,(H,22,24). The molecule has 0 saturated heterocycles. The summed E-state index contributed by atoms with van der Waals surface area (Å²) in [5.41, 5.74) is 3.14. The van der Waals surface area contributed by atoms with Crippen LogP contribution in [0.5, 0.6) is 0 Å². The molecule has 1 fully saturated rings. The number of anilines is 1. The van der Waals surface area contributed by atoms with E-state index < -0.39 is 0 Å². The third-order valence-corrected chi connectivity index (χ3v) is 4.64. The lowest BCUT2D eigenvalue weighted by molar-refractivity contribution is -0.117. The second kappa shape index (κ2) is 5.45. The molecule has 4 aromatic rings. The fraction of sp³-hybridized carbons (Fsp3) is 0.143. The summed E-state index contributed by atoms with van der Waals surface area (Å²) in [5.74, 6) is 0.757. The predicted octanol–water partition coefficient (Wildman–Crippen LogP) is 5.00. The average Bonchev–Trinajstić information content (AvgIpc) is 3.41. The molecule has 1 saturated carbocycles. The summed E-state index contributed by atoms with van der Waals surface area (Å²) in [7, 11) is 0. The molecule has 4 nitrogen and oxygen atoms in total. The maximum Gasteiger partial charge on any atom is 0.229 e. The lowest BCUT2D eigenvalue weighted by Gasteiger charge is -2.08. The number of carbonyl (C=O) groups is 1. The van der Waals surface area contributed by atoms with E-state index in [0.29, 0.717) is 5.89 Å². The van der Waals surface area contributed by atoms with Gasteiger partial charge in [-0.2, -0.15) is 0 Å². The van der Waals surface area contributed by atoms with Crippen LogP contribution >= 0.6 is 0 Å². The first-order valence-corrected chi connectivity index (χ1v) is 8.48. The Kier molecular flexibility index (Phi) is 3.10. The number of rotatable bonds is 3. The van der Waals surface area contributed by atoms with E-state index in [1.165, 1.54) is 0 Å². The number of carbonyl (C=O) groups excluding carboxylic acids is 1. The Morgan fingerprint density at radius 1 is 1.00 bits per heavy atom. The van der Waals surface area contributed by atoms with Gasteiger partial charge in [-0.15, -0.1) is 0 Å². The SMILES string of the molecule is O=C(Nc1ccccc1-c1nc2ccc3ccccc3c2o1)C1CC1. The Morgan fingerprint density at radius 2 is 1.80 bits per heavy atom. The van der Waals surface area contributed by atoms with Crippen molar-refractivity contribution in [2.24, 2.45) is 5.92 Å². The first kappa shape index (κ1) is 14.2. The van der Waals surface area contributed by atoms with E-state index in [1.54, 1.807) is 0 Å². The summed E-state index contributed by atoms with van der Waals surface area (Å²) in [4.78, 5) is 16.8. The second-order valence-corrected chi connectivity index (χ2v) is 6.46.